The lowest BCUT2D eigenvalue weighted by molar-refractivity contribution is 0.460. The standard InChI is InChI=1S/C9H9Cl2NO/c10-5-3-6(9(12)1-2-9)8(13)7(11)4-5/h3-4,13H,1-2,12H2. The van der Waals surface area contributed by atoms with Crippen molar-refractivity contribution in [2.75, 3.05) is 0 Å². The zero-order chi connectivity index (χ0) is 9.64. The highest BCUT2D eigenvalue weighted by molar-refractivity contribution is 6.35. The molecule has 0 saturated heterocycles. The van der Waals surface area contributed by atoms with E-state index in [0.29, 0.717) is 10.6 Å². The lowest BCUT2D eigenvalue weighted by atomic mass is 10.0. The average molecular weight is 218 g/mol. The van der Waals surface area contributed by atoms with Crippen molar-refractivity contribution in [1.82, 2.24) is 0 Å². The number of hydrogen-bond donors (Lipinski definition) is 2. The SMILES string of the molecule is NC1(c2cc(Cl)cc(Cl)c2O)CC1. The third-order valence-corrected chi connectivity index (χ3v) is 2.86. The molecule has 70 valence electrons. The fourth-order valence-electron chi connectivity index (χ4n) is 1.35. The molecule has 1 aromatic rings. The highest BCUT2D eigenvalue weighted by Crippen LogP contribution is 2.48. The molecule has 1 fully saturated rings. The Kier molecular flexibility index (Phi) is 1.95. The first-order valence-corrected chi connectivity index (χ1v) is 4.76. The van der Waals surface area contributed by atoms with Crippen LogP contribution in [0.25, 0.3) is 0 Å². The Bertz CT molecular complexity index is 361. The largest absolute Gasteiger partial charge is 0.506 e. The maximum atomic E-state index is 9.63. The maximum absolute atomic E-state index is 9.63. The molecular formula is C9H9Cl2NO. The fourth-order valence-corrected chi connectivity index (χ4v) is 1.84. The van der Waals surface area contributed by atoms with E-state index in [-0.39, 0.29) is 10.8 Å². The van der Waals surface area contributed by atoms with Crippen molar-refractivity contribution in [3.63, 3.8) is 0 Å². The summed E-state index contributed by atoms with van der Waals surface area (Å²) in [4.78, 5) is 0. The van der Waals surface area contributed by atoms with Gasteiger partial charge < -0.3 is 10.8 Å². The molecule has 0 aliphatic heterocycles. The lowest BCUT2D eigenvalue weighted by Gasteiger charge is -2.12. The van der Waals surface area contributed by atoms with Crippen LogP contribution in [0.3, 0.4) is 0 Å². The topological polar surface area (TPSA) is 46.2 Å². The second kappa shape index (κ2) is 2.77. The molecule has 0 radical (unpaired) electrons. The van der Waals surface area contributed by atoms with E-state index in [1.165, 1.54) is 6.07 Å². The Morgan fingerprint density at radius 1 is 1.31 bits per heavy atom. The molecule has 2 nitrogen and oxygen atoms in total. The van der Waals surface area contributed by atoms with Gasteiger partial charge in [0, 0.05) is 16.1 Å². The Balaban J connectivity index is 2.56. The van der Waals surface area contributed by atoms with E-state index in [0.717, 1.165) is 12.8 Å². The zero-order valence-electron chi connectivity index (χ0n) is 6.85. The highest BCUT2D eigenvalue weighted by atomic mass is 35.5. The van der Waals surface area contributed by atoms with Gasteiger partial charge in [0.05, 0.1) is 5.02 Å². The molecular weight excluding hydrogens is 209 g/mol. The predicted octanol–water partition coefficient (Wildman–Crippen LogP) is 2.65. The van der Waals surface area contributed by atoms with Crippen LogP contribution < -0.4 is 5.73 Å². The molecule has 0 spiro atoms. The number of hydrogen-bond acceptors (Lipinski definition) is 2. The van der Waals surface area contributed by atoms with Crippen molar-refractivity contribution in [3.05, 3.63) is 27.7 Å². The Morgan fingerprint density at radius 3 is 2.46 bits per heavy atom. The first-order valence-electron chi connectivity index (χ1n) is 4.00. The van der Waals surface area contributed by atoms with Gasteiger partial charge in [0.25, 0.3) is 0 Å². The minimum Gasteiger partial charge on any atom is -0.506 e. The molecule has 2 rings (SSSR count). The van der Waals surface area contributed by atoms with Crippen molar-refractivity contribution in [3.8, 4) is 5.75 Å². The average Bonchev–Trinajstić information content (AvgIpc) is 2.77. The van der Waals surface area contributed by atoms with Gasteiger partial charge in [-0.3, -0.25) is 0 Å². The number of rotatable bonds is 1. The van der Waals surface area contributed by atoms with Crippen LogP contribution in [-0.2, 0) is 5.54 Å². The van der Waals surface area contributed by atoms with Crippen molar-refractivity contribution in [2.45, 2.75) is 18.4 Å². The number of aromatic hydroxyl groups is 1. The summed E-state index contributed by atoms with van der Waals surface area (Å²) in [6.07, 6.45) is 1.74. The number of phenols is 1. The molecule has 1 aromatic carbocycles. The van der Waals surface area contributed by atoms with Crippen LogP contribution in [0.1, 0.15) is 18.4 Å². The van der Waals surface area contributed by atoms with Crippen LogP contribution in [0.4, 0.5) is 0 Å². The summed E-state index contributed by atoms with van der Waals surface area (Å²) in [6, 6.07) is 3.18. The van der Waals surface area contributed by atoms with Crippen molar-refractivity contribution in [2.24, 2.45) is 5.73 Å². The first kappa shape index (κ1) is 9.13. The second-order valence-corrected chi connectivity index (χ2v) is 4.28. The predicted molar refractivity (Wildman–Crippen MR) is 53.2 cm³/mol. The Labute approximate surface area is 86.3 Å². The lowest BCUT2D eigenvalue weighted by Crippen LogP contribution is -2.18. The fraction of sp³-hybridized carbons (Fsp3) is 0.333. The molecule has 4 heteroatoms. The minimum absolute atomic E-state index is 0.0612. The van der Waals surface area contributed by atoms with Crippen molar-refractivity contribution >= 4 is 23.2 Å². The zero-order valence-corrected chi connectivity index (χ0v) is 8.36. The third-order valence-electron chi connectivity index (χ3n) is 2.35. The number of phenolic OH excluding ortho intramolecular Hbond substituents is 1. The van der Waals surface area contributed by atoms with Gasteiger partial charge in [0.1, 0.15) is 5.75 Å². The van der Waals surface area contributed by atoms with Crippen LogP contribution in [0.5, 0.6) is 5.75 Å². The molecule has 1 saturated carbocycles. The van der Waals surface area contributed by atoms with E-state index in [9.17, 15) is 5.11 Å². The third kappa shape index (κ3) is 1.50. The number of nitrogens with two attached hydrogens (primary N) is 1. The van der Waals surface area contributed by atoms with Gasteiger partial charge in [-0.05, 0) is 25.0 Å². The quantitative estimate of drug-likeness (QED) is 0.761. The molecule has 0 atom stereocenters. The van der Waals surface area contributed by atoms with Gasteiger partial charge in [0.2, 0.25) is 0 Å². The molecule has 0 bridgehead atoms. The van der Waals surface area contributed by atoms with Gasteiger partial charge >= 0.3 is 0 Å². The van der Waals surface area contributed by atoms with Gasteiger partial charge in [-0.2, -0.15) is 0 Å². The van der Waals surface area contributed by atoms with E-state index in [1.54, 1.807) is 6.07 Å². The van der Waals surface area contributed by atoms with Crippen LogP contribution in [0.2, 0.25) is 10.0 Å². The van der Waals surface area contributed by atoms with Gasteiger partial charge in [-0.1, -0.05) is 23.2 Å². The van der Waals surface area contributed by atoms with E-state index < -0.39 is 5.54 Å². The van der Waals surface area contributed by atoms with Gasteiger partial charge in [0.15, 0.2) is 0 Å². The maximum Gasteiger partial charge on any atom is 0.139 e. The van der Waals surface area contributed by atoms with Crippen molar-refractivity contribution < 1.29 is 5.11 Å². The Hall–Kier alpha value is -0.440. The molecule has 0 unspecified atom stereocenters. The first-order chi connectivity index (χ1) is 6.03. The summed E-state index contributed by atoms with van der Waals surface area (Å²) in [7, 11) is 0. The summed E-state index contributed by atoms with van der Waals surface area (Å²) < 4.78 is 0. The summed E-state index contributed by atoms with van der Waals surface area (Å²) in [5, 5.41) is 10.4. The summed E-state index contributed by atoms with van der Waals surface area (Å²) in [5.74, 6) is 0.0612. The van der Waals surface area contributed by atoms with Crippen LogP contribution >= 0.6 is 23.2 Å². The van der Waals surface area contributed by atoms with Crippen molar-refractivity contribution in [1.29, 1.82) is 0 Å². The second-order valence-electron chi connectivity index (χ2n) is 3.44. The smallest absolute Gasteiger partial charge is 0.139 e. The van der Waals surface area contributed by atoms with E-state index in [1.807, 2.05) is 0 Å². The molecule has 1 aliphatic carbocycles. The van der Waals surface area contributed by atoms with Gasteiger partial charge in [-0.15, -0.1) is 0 Å². The van der Waals surface area contributed by atoms with Gasteiger partial charge in [-0.25, -0.2) is 0 Å². The number of benzene rings is 1. The van der Waals surface area contributed by atoms with Crippen LogP contribution in [0.15, 0.2) is 12.1 Å². The van der Waals surface area contributed by atoms with Crippen LogP contribution in [-0.4, -0.2) is 5.11 Å². The molecule has 0 amide bonds. The monoisotopic (exact) mass is 217 g/mol. The molecule has 0 aromatic heterocycles. The van der Waals surface area contributed by atoms with E-state index in [2.05, 4.69) is 0 Å². The molecule has 1 aliphatic rings. The molecule has 13 heavy (non-hydrogen) atoms. The number of halogens is 2. The molecule has 0 heterocycles. The van der Waals surface area contributed by atoms with Crippen LogP contribution in [0, 0.1) is 0 Å². The molecule has 3 N–H and O–H groups in total. The summed E-state index contributed by atoms with van der Waals surface area (Å²) in [5.41, 5.74) is 6.18. The van der Waals surface area contributed by atoms with E-state index >= 15 is 0 Å². The summed E-state index contributed by atoms with van der Waals surface area (Å²) in [6.45, 7) is 0. The van der Waals surface area contributed by atoms with E-state index in [4.69, 9.17) is 28.9 Å². The summed E-state index contributed by atoms with van der Waals surface area (Å²) >= 11 is 11.6. The highest BCUT2D eigenvalue weighted by Gasteiger charge is 2.42. The Morgan fingerprint density at radius 2 is 1.92 bits per heavy atom. The normalized spacial score (nSPS) is 18.7. The minimum atomic E-state index is -0.404.